The lowest BCUT2D eigenvalue weighted by molar-refractivity contribution is 0.0962. The third kappa shape index (κ3) is 4.36. The van der Waals surface area contributed by atoms with Gasteiger partial charge in [-0.2, -0.15) is 9.97 Å². The number of aryl methyl sites for hydroxylation is 1. The van der Waals surface area contributed by atoms with Crippen molar-refractivity contribution in [2.24, 2.45) is 5.92 Å². The Balaban J connectivity index is 1.67. The fraction of sp³-hybridized carbons (Fsp3) is 0.273. The third-order valence-electron chi connectivity index (χ3n) is 4.95. The Hall–Kier alpha value is -3.19. The Morgan fingerprint density at radius 1 is 1.17 bits per heavy atom. The first kappa shape index (κ1) is 20.1. The number of nitrogens with zero attached hydrogens (tertiary/aromatic N) is 3. The number of rotatable bonds is 6. The van der Waals surface area contributed by atoms with E-state index >= 15 is 0 Å². The largest absolute Gasteiger partial charge is 0.493 e. The van der Waals surface area contributed by atoms with Gasteiger partial charge in [0.25, 0.3) is 5.91 Å². The quantitative estimate of drug-likeness (QED) is 0.620. The summed E-state index contributed by atoms with van der Waals surface area (Å²) in [5.41, 5.74) is 2.31. The van der Waals surface area contributed by atoms with Gasteiger partial charge in [-0.15, -0.1) is 0 Å². The van der Waals surface area contributed by atoms with E-state index in [0.29, 0.717) is 33.5 Å². The predicted octanol–water partition coefficient (Wildman–Crippen LogP) is 4.02. The first-order chi connectivity index (χ1) is 14.4. The highest BCUT2D eigenvalue weighted by Gasteiger charge is 2.22. The van der Waals surface area contributed by atoms with Crippen molar-refractivity contribution in [3.8, 4) is 34.5 Å². The summed E-state index contributed by atoms with van der Waals surface area (Å²) < 4.78 is 5.75. The number of amides is 1. The van der Waals surface area contributed by atoms with Gasteiger partial charge >= 0.3 is 6.01 Å². The summed E-state index contributed by atoms with van der Waals surface area (Å²) in [6.07, 6.45) is 2.46. The Bertz CT molecular complexity index is 1100. The fourth-order valence-corrected chi connectivity index (χ4v) is 3.34. The molecular weight excluding hydrogens is 404 g/mol. The average molecular weight is 425 g/mol. The van der Waals surface area contributed by atoms with E-state index in [1.54, 1.807) is 26.1 Å². The van der Waals surface area contributed by atoms with E-state index in [1.165, 1.54) is 12.8 Å². The average Bonchev–Trinajstić information content (AvgIpc) is 3.56. The van der Waals surface area contributed by atoms with Crippen molar-refractivity contribution in [2.45, 2.75) is 19.8 Å². The number of benzene rings is 2. The number of nitrogens with one attached hydrogen (secondary N) is 1. The number of aromatic hydroxyl groups is 1. The Labute approximate surface area is 179 Å². The van der Waals surface area contributed by atoms with Crippen LogP contribution in [0.3, 0.4) is 0 Å². The Morgan fingerprint density at radius 2 is 1.87 bits per heavy atom. The van der Waals surface area contributed by atoms with Crippen LogP contribution in [0.2, 0.25) is 5.02 Å². The second kappa shape index (κ2) is 8.28. The van der Waals surface area contributed by atoms with Crippen molar-refractivity contribution < 1.29 is 14.6 Å². The molecule has 0 aliphatic heterocycles. The molecule has 154 valence electrons. The zero-order valence-corrected chi connectivity index (χ0v) is 17.4. The molecule has 1 saturated carbocycles. The molecule has 8 heteroatoms. The summed E-state index contributed by atoms with van der Waals surface area (Å²) in [5.74, 6) is 1.68. The van der Waals surface area contributed by atoms with Crippen LogP contribution in [0.1, 0.15) is 28.8 Å². The molecular formula is C22H21ClN4O3. The number of hydrogen-bond acceptors (Lipinski definition) is 6. The summed E-state index contributed by atoms with van der Waals surface area (Å²) in [5, 5.41) is 13.1. The van der Waals surface area contributed by atoms with E-state index in [0.717, 1.165) is 17.9 Å². The molecule has 2 N–H and O–H groups in total. The van der Waals surface area contributed by atoms with Crippen molar-refractivity contribution in [3.05, 3.63) is 52.5 Å². The molecule has 30 heavy (non-hydrogen) atoms. The lowest BCUT2D eigenvalue weighted by atomic mass is 10.0. The minimum Gasteiger partial charge on any atom is -0.493 e. The molecule has 0 saturated heterocycles. The van der Waals surface area contributed by atoms with E-state index in [-0.39, 0.29) is 11.7 Å². The van der Waals surface area contributed by atoms with Crippen LogP contribution < -0.4 is 10.1 Å². The maximum absolute atomic E-state index is 12.1. The molecule has 1 aliphatic rings. The highest BCUT2D eigenvalue weighted by atomic mass is 35.5. The van der Waals surface area contributed by atoms with Crippen molar-refractivity contribution in [1.82, 2.24) is 20.3 Å². The molecule has 0 atom stereocenters. The van der Waals surface area contributed by atoms with Crippen LogP contribution in [0.25, 0.3) is 22.8 Å². The van der Waals surface area contributed by atoms with Gasteiger partial charge in [-0.3, -0.25) is 4.79 Å². The monoisotopic (exact) mass is 424 g/mol. The van der Waals surface area contributed by atoms with Gasteiger partial charge < -0.3 is 15.2 Å². The van der Waals surface area contributed by atoms with Gasteiger partial charge in [-0.05, 0) is 67.6 Å². The first-order valence-corrected chi connectivity index (χ1v) is 10.0. The zero-order chi connectivity index (χ0) is 21.3. The summed E-state index contributed by atoms with van der Waals surface area (Å²) in [7, 11) is 1.56. The molecule has 0 spiro atoms. The molecule has 3 aromatic rings. The lowest BCUT2D eigenvalue weighted by Gasteiger charge is -2.11. The standard InChI is InChI=1S/C22H21ClN4O3/c1-12-9-18(23)17(10-16(12)21(28)24-2)20-25-19(26-22(29)27-20)14-5-7-15(8-6-14)30-11-13-3-4-13/h5-10,13H,3-4,11H2,1-2H3,(H,24,28)(H,25,26,27,29). The molecule has 0 unspecified atom stereocenters. The molecule has 1 aliphatic carbocycles. The first-order valence-electron chi connectivity index (χ1n) is 9.65. The summed E-state index contributed by atoms with van der Waals surface area (Å²) in [6, 6.07) is 10.2. The van der Waals surface area contributed by atoms with Gasteiger partial charge in [0, 0.05) is 23.7 Å². The number of carbonyl (C=O) groups is 1. The topological polar surface area (TPSA) is 97.2 Å². The normalized spacial score (nSPS) is 13.2. The number of hydrogen-bond donors (Lipinski definition) is 2. The lowest BCUT2D eigenvalue weighted by Crippen LogP contribution is -2.19. The number of ether oxygens (including phenoxy) is 1. The molecule has 1 heterocycles. The summed E-state index contributed by atoms with van der Waals surface area (Å²) >= 11 is 6.39. The zero-order valence-electron chi connectivity index (χ0n) is 16.6. The van der Waals surface area contributed by atoms with E-state index in [2.05, 4.69) is 20.3 Å². The fourth-order valence-electron chi connectivity index (χ4n) is 3.04. The molecule has 0 radical (unpaired) electrons. The number of carbonyl (C=O) groups excluding carboxylic acids is 1. The van der Waals surface area contributed by atoms with E-state index in [9.17, 15) is 9.90 Å². The van der Waals surface area contributed by atoms with Gasteiger partial charge in [0.1, 0.15) is 5.75 Å². The molecule has 0 bridgehead atoms. The Morgan fingerprint density at radius 3 is 2.53 bits per heavy atom. The highest BCUT2D eigenvalue weighted by Crippen LogP contribution is 2.32. The summed E-state index contributed by atoms with van der Waals surface area (Å²) in [6.45, 7) is 2.53. The van der Waals surface area contributed by atoms with Crippen molar-refractivity contribution >= 4 is 17.5 Å². The third-order valence-corrected chi connectivity index (χ3v) is 5.26. The van der Waals surface area contributed by atoms with Crippen LogP contribution in [0.5, 0.6) is 11.8 Å². The van der Waals surface area contributed by atoms with Crippen LogP contribution in [-0.4, -0.2) is 39.6 Å². The highest BCUT2D eigenvalue weighted by molar-refractivity contribution is 6.33. The van der Waals surface area contributed by atoms with Gasteiger partial charge in [0.2, 0.25) is 0 Å². The van der Waals surface area contributed by atoms with E-state index < -0.39 is 6.01 Å². The van der Waals surface area contributed by atoms with Crippen LogP contribution >= 0.6 is 11.6 Å². The van der Waals surface area contributed by atoms with E-state index in [1.807, 2.05) is 24.3 Å². The van der Waals surface area contributed by atoms with Gasteiger partial charge in [0.15, 0.2) is 11.6 Å². The van der Waals surface area contributed by atoms with Gasteiger partial charge in [-0.25, -0.2) is 4.98 Å². The Kier molecular flexibility index (Phi) is 5.55. The van der Waals surface area contributed by atoms with Crippen LogP contribution in [0, 0.1) is 12.8 Å². The minimum atomic E-state index is -0.429. The van der Waals surface area contributed by atoms with Crippen molar-refractivity contribution in [1.29, 1.82) is 0 Å². The minimum absolute atomic E-state index is 0.182. The maximum Gasteiger partial charge on any atom is 0.318 e. The summed E-state index contributed by atoms with van der Waals surface area (Å²) in [4.78, 5) is 24.7. The predicted molar refractivity (Wildman–Crippen MR) is 114 cm³/mol. The smallest absolute Gasteiger partial charge is 0.318 e. The molecule has 1 fully saturated rings. The maximum atomic E-state index is 12.1. The molecule has 1 aromatic heterocycles. The second-order valence-electron chi connectivity index (χ2n) is 7.29. The molecule has 7 nitrogen and oxygen atoms in total. The van der Waals surface area contributed by atoms with Gasteiger partial charge in [-0.1, -0.05) is 11.6 Å². The van der Waals surface area contributed by atoms with Crippen molar-refractivity contribution in [2.75, 3.05) is 13.7 Å². The van der Waals surface area contributed by atoms with Crippen LogP contribution in [0.4, 0.5) is 0 Å². The number of aromatic nitrogens is 3. The molecule has 2 aromatic carbocycles. The molecule has 4 rings (SSSR count). The van der Waals surface area contributed by atoms with Crippen molar-refractivity contribution in [3.63, 3.8) is 0 Å². The number of halogens is 1. The molecule has 1 amide bonds. The van der Waals surface area contributed by atoms with Gasteiger partial charge in [0.05, 0.1) is 11.6 Å². The van der Waals surface area contributed by atoms with Crippen LogP contribution in [0.15, 0.2) is 36.4 Å². The van der Waals surface area contributed by atoms with E-state index in [4.69, 9.17) is 16.3 Å². The second-order valence-corrected chi connectivity index (χ2v) is 7.69. The SMILES string of the molecule is CNC(=O)c1cc(-c2nc(O)nc(-c3ccc(OCC4CC4)cc3)n2)c(Cl)cc1C. The van der Waals surface area contributed by atoms with Crippen LogP contribution in [-0.2, 0) is 0 Å².